The molecule has 0 saturated carbocycles. The van der Waals surface area contributed by atoms with Crippen molar-refractivity contribution in [3.63, 3.8) is 0 Å². The molecule has 0 fully saturated rings. The predicted octanol–water partition coefficient (Wildman–Crippen LogP) is 2.16. The fourth-order valence-electron chi connectivity index (χ4n) is 1.60. The Balaban J connectivity index is 0.000000255. The number of rotatable bonds is 2. The lowest BCUT2D eigenvalue weighted by molar-refractivity contribution is 0.597. The molecule has 22 heavy (non-hydrogen) atoms. The van der Waals surface area contributed by atoms with Crippen LogP contribution in [0.15, 0.2) is 53.4 Å². The Bertz CT molecular complexity index is 742. The van der Waals surface area contributed by atoms with E-state index in [2.05, 4.69) is 38.1 Å². The predicted molar refractivity (Wildman–Crippen MR) is 86.3 cm³/mol. The van der Waals surface area contributed by atoms with E-state index in [0.29, 0.717) is 5.56 Å². The number of hydrogen-bond acceptors (Lipinski definition) is 4. The van der Waals surface area contributed by atoms with E-state index < -0.39 is 16.1 Å². The summed E-state index contributed by atoms with van der Waals surface area (Å²) in [6.45, 7) is 4.24. The van der Waals surface area contributed by atoms with Crippen molar-refractivity contribution in [1.29, 1.82) is 5.26 Å². The van der Waals surface area contributed by atoms with Gasteiger partial charge in [-0.1, -0.05) is 36.4 Å². The second kappa shape index (κ2) is 7.71. The summed E-state index contributed by atoms with van der Waals surface area (Å²) in [4.78, 5) is 0.00592. The van der Waals surface area contributed by atoms with Crippen LogP contribution in [0.3, 0.4) is 0 Å². The third kappa shape index (κ3) is 5.30. The molecule has 0 saturated heterocycles. The summed E-state index contributed by atoms with van der Waals surface area (Å²) in [5, 5.41) is 13.4. The van der Waals surface area contributed by atoms with E-state index in [1.807, 2.05) is 6.07 Å². The van der Waals surface area contributed by atoms with Crippen LogP contribution in [0.4, 0.5) is 0 Å². The summed E-state index contributed by atoms with van der Waals surface area (Å²) in [6, 6.07) is 15.0. The smallest absolute Gasteiger partial charge is 0.238 e. The van der Waals surface area contributed by atoms with Gasteiger partial charge in [-0.25, -0.2) is 13.6 Å². The van der Waals surface area contributed by atoms with Crippen molar-refractivity contribution in [2.24, 2.45) is 10.9 Å². The molecule has 0 heterocycles. The first-order chi connectivity index (χ1) is 10.3. The van der Waals surface area contributed by atoms with E-state index in [1.165, 1.54) is 35.4 Å². The topological polar surface area (TPSA) is 110 Å². The highest BCUT2D eigenvalue weighted by molar-refractivity contribution is 7.89. The molecule has 0 aliphatic carbocycles. The lowest BCUT2D eigenvalue weighted by atomic mass is 10.1. The number of sulfonamides is 1. The van der Waals surface area contributed by atoms with Crippen LogP contribution in [0.5, 0.6) is 0 Å². The van der Waals surface area contributed by atoms with E-state index >= 15 is 0 Å². The summed E-state index contributed by atoms with van der Waals surface area (Å²) < 4.78 is 21.7. The van der Waals surface area contributed by atoms with Crippen molar-refractivity contribution >= 4 is 10.0 Å². The van der Waals surface area contributed by atoms with Gasteiger partial charge in [-0.2, -0.15) is 5.26 Å². The highest BCUT2D eigenvalue weighted by Crippen LogP contribution is 2.13. The Kier molecular flexibility index (Phi) is 6.25. The fraction of sp³-hybridized carbons (Fsp3) is 0.188. The average molecular weight is 317 g/mol. The molecule has 4 N–H and O–H groups in total. The maximum Gasteiger partial charge on any atom is 0.238 e. The van der Waals surface area contributed by atoms with Gasteiger partial charge in [0, 0.05) is 0 Å². The zero-order valence-corrected chi connectivity index (χ0v) is 13.3. The number of primary sulfonamides is 1. The van der Waals surface area contributed by atoms with E-state index in [0.717, 1.165) is 0 Å². The Labute approximate surface area is 131 Å². The quantitative estimate of drug-likeness (QED) is 0.884. The third-order valence-electron chi connectivity index (χ3n) is 3.13. The molecule has 0 aliphatic rings. The summed E-state index contributed by atoms with van der Waals surface area (Å²) >= 11 is 0. The van der Waals surface area contributed by atoms with Crippen LogP contribution in [0.1, 0.15) is 22.7 Å². The second-order valence-corrected chi connectivity index (χ2v) is 6.37. The number of benzene rings is 2. The average Bonchev–Trinajstić information content (AvgIpc) is 2.49. The third-order valence-corrected chi connectivity index (χ3v) is 4.06. The molecule has 116 valence electrons. The molecule has 5 nitrogen and oxygen atoms in total. The maximum absolute atomic E-state index is 10.9. The molecule has 1 atom stereocenters. The van der Waals surface area contributed by atoms with Gasteiger partial charge in [-0.05, 0) is 42.7 Å². The number of nitriles is 1. The molecular weight excluding hydrogens is 298 g/mol. The molecule has 0 aliphatic heterocycles. The minimum atomic E-state index is -3.68. The van der Waals surface area contributed by atoms with Gasteiger partial charge in [0.05, 0.1) is 11.0 Å². The molecule has 0 radical (unpaired) electrons. The van der Waals surface area contributed by atoms with Gasteiger partial charge in [0.25, 0.3) is 0 Å². The van der Waals surface area contributed by atoms with Crippen molar-refractivity contribution in [2.75, 3.05) is 0 Å². The van der Waals surface area contributed by atoms with Gasteiger partial charge in [0.15, 0.2) is 0 Å². The minimum Gasteiger partial charge on any atom is -0.312 e. The van der Waals surface area contributed by atoms with E-state index in [4.69, 9.17) is 16.1 Å². The molecule has 2 rings (SSSR count). The van der Waals surface area contributed by atoms with Gasteiger partial charge < -0.3 is 5.73 Å². The first-order valence-electron chi connectivity index (χ1n) is 6.56. The largest absolute Gasteiger partial charge is 0.312 e. The minimum absolute atomic E-state index is 0.00592. The van der Waals surface area contributed by atoms with E-state index in [-0.39, 0.29) is 4.90 Å². The van der Waals surface area contributed by atoms with Crippen LogP contribution in [0, 0.1) is 25.2 Å². The van der Waals surface area contributed by atoms with Crippen molar-refractivity contribution in [1.82, 2.24) is 0 Å². The van der Waals surface area contributed by atoms with Gasteiger partial charge in [-0.15, -0.1) is 0 Å². The van der Waals surface area contributed by atoms with Crippen molar-refractivity contribution < 1.29 is 8.42 Å². The van der Waals surface area contributed by atoms with E-state index in [9.17, 15) is 8.42 Å². The Morgan fingerprint density at radius 3 is 1.77 bits per heavy atom. The second-order valence-electron chi connectivity index (χ2n) is 4.81. The van der Waals surface area contributed by atoms with Gasteiger partial charge in [0.1, 0.15) is 6.04 Å². The number of aryl methyl sites for hydroxylation is 2. The van der Waals surface area contributed by atoms with Crippen LogP contribution in [-0.2, 0) is 10.0 Å². The molecule has 2 aromatic carbocycles. The van der Waals surface area contributed by atoms with Crippen LogP contribution in [0.2, 0.25) is 0 Å². The summed E-state index contributed by atoms with van der Waals surface area (Å²) in [5.41, 5.74) is 8.70. The monoisotopic (exact) mass is 317 g/mol. The van der Waals surface area contributed by atoms with Gasteiger partial charge in [0.2, 0.25) is 10.0 Å². The summed E-state index contributed by atoms with van der Waals surface area (Å²) in [6.07, 6.45) is 0. The first kappa shape index (κ1) is 17.9. The van der Waals surface area contributed by atoms with Crippen LogP contribution >= 0.6 is 0 Å². The Hall–Kier alpha value is -2.20. The molecule has 1 unspecified atom stereocenters. The lowest BCUT2D eigenvalue weighted by Crippen LogP contribution is -2.13. The standard InChI is InChI=1S/C8H9N3O2S.C8H10/c9-5-8(10)6-1-3-7(4-2-6)14(11,12)13;1-7-5-3-4-6-8(7)2/h1-4,8H,10H2,(H2,11,12,13);3-6H,1-2H3. The molecule has 2 aromatic rings. The SMILES string of the molecule is Cc1ccccc1C.N#CC(N)c1ccc(S(N)(=O)=O)cc1. The van der Waals surface area contributed by atoms with Crippen LogP contribution < -0.4 is 10.9 Å². The van der Waals surface area contributed by atoms with Crippen molar-refractivity contribution in [3.8, 4) is 6.07 Å². The molecule has 6 heteroatoms. The van der Waals surface area contributed by atoms with Gasteiger partial charge >= 0.3 is 0 Å². The van der Waals surface area contributed by atoms with Crippen molar-refractivity contribution in [3.05, 3.63) is 65.2 Å². The molecular formula is C16H19N3O2S. The zero-order chi connectivity index (χ0) is 16.8. The zero-order valence-electron chi connectivity index (χ0n) is 12.5. The number of nitrogens with two attached hydrogens (primary N) is 2. The summed E-state index contributed by atoms with van der Waals surface area (Å²) in [7, 11) is -3.68. The molecule has 0 aromatic heterocycles. The Morgan fingerprint density at radius 2 is 1.45 bits per heavy atom. The van der Waals surface area contributed by atoms with Crippen LogP contribution in [0.25, 0.3) is 0 Å². The number of nitrogens with zero attached hydrogens (tertiary/aromatic N) is 1. The highest BCUT2D eigenvalue weighted by atomic mass is 32.2. The molecule has 0 bridgehead atoms. The normalized spacial score (nSPS) is 11.8. The van der Waals surface area contributed by atoms with E-state index in [1.54, 1.807) is 0 Å². The fourth-order valence-corrected chi connectivity index (χ4v) is 2.12. The van der Waals surface area contributed by atoms with Crippen LogP contribution in [-0.4, -0.2) is 8.42 Å². The molecule has 0 spiro atoms. The maximum atomic E-state index is 10.9. The van der Waals surface area contributed by atoms with Crippen molar-refractivity contribution in [2.45, 2.75) is 24.8 Å². The number of hydrogen-bond donors (Lipinski definition) is 2. The van der Waals surface area contributed by atoms with Gasteiger partial charge in [-0.3, -0.25) is 0 Å². The summed E-state index contributed by atoms with van der Waals surface area (Å²) in [5.74, 6) is 0. The lowest BCUT2D eigenvalue weighted by Gasteiger charge is -2.03. The first-order valence-corrected chi connectivity index (χ1v) is 8.10. The highest BCUT2D eigenvalue weighted by Gasteiger charge is 2.09. The molecule has 0 amide bonds. The Morgan fingerprint density at radius 1 is 1.00 bits per heavy atom.